The summed E-state index contributed by atoms with van der Waals surface area (Å²) in [6.45, 7) is 7.66. The van der Waals surface area contributed by atoms with E-state index in [4.69, 9.17) is 37.4 Å². The maximum atomic E-state index is 12.7. The molecule has 2 aromatic rings. The van der Waals surface area contributed by atoms with Crippen LogP contribution >= 0.6 is 23.2 Å². The van der Waals surface area contributed by atoms with Crippen LogP contribution in [-0.2, 0) is 16.0 Å². The Morgan fingerprint density at radius 1 is 1.07 bits per heavy atom. The predicted molar refractivity (Wildman–Crippen MR) is 121 cm³/mol. The summed E-state index contributed by atoms with van der Waals surface area (Å²) in [5, 5.41) is 3.84. The first-order valence-electron chi connectivity index (χ1n) is 10.0. The number of hydrogen-bond acceptors (Lipinski definition) is 5. The Balaban J connectivity index is 1.88. The van der Waals surface area contributed by atoms with Gasteiger partial charge in [0.25, 0.3) is 0 Å². The van der Waals surface area contributed by atoms with Crippen LogP contribution in [0.25, 0.3) is 0 Å². The summed E-state index contributed by atoms with van der Waals surface area (Å²) in [5.41, 5.74) is 2.06. The maximum absolute atomic E-state index is 12.7. The summed E-state index contributed by atoms with van der Waals surface area (Å²) in [6, 6.07) is 8.90. The Labute approximate surface area is 187 Å². The molecular weight excluding hydrogens is 427 g/mol. The van der Waals surface area contributed by atoms with Gasteiger partial charge in [-0.25, -0.2) is 0 Å². The molecule has 0 spiro atoms. The number of rotatable bonds is 8. The van der Waals surface area contributed by atoms with Crippen LogP contribution in [0.1, 0.15) is 19.4 Å². The summed E-state index contributed by atoms with van der Waals surface area (Å²) in [6.07, 6.45) is 0.0548. The van der Waals surface area contributed by atoms with Crippen LogP contribution < -0.4 is 19.7 Å². The highest BCUT2D eigenvalue weighted by atomic mass is 35.5. The number of halogens is 2. The van der Waals surface area contributed by atoms with Gasteiger partial charge in [-0.1, -0.05) is 29.3 Å². The molecule has 0 aliphatic carbocycles. The van der Waals surface area contributed by atoms with E-state index in [1.165, 1.54) is 0 Å². The average molecular weight is 453 g/mol. The molecule has 1 aliphatic rings. The molecule has 1 N–H and O–H groups in total. The van der Waals surface area contributed by atoms with Crippen molar-refractivity contribution in [3.05, 3.63) is 45.9 Å². The van der Waals surface area contributed by atoms with Crippen LogP contribution in [0, 0.1) is 0 Å². The van der Waals surface area contributed by atoms with E-state index in [2.05, 4.69) is 10.2 Å². The molecule has 0 saturated carbocycles. The smallest absolute Gasteiger partial charge is 0.229 e. The quantitative estimate of drug-likeness (QED) is 0.622. The van der Waals surface area contributed by atoms with E-state index in [1.54, 1.807) is 18.2 Å². The summed E-state index contributed by atoms with van der Waals surface area (Å²) in [5.74, 6) is 1.03. The Bertz CT molecular complexity index is 865. The first-order valence-corrected chi connectivity index (χ1v) is 10.8. The molecule has 6 nitrogen and oxygen atoms in total. The molecule has 3 rings (SSSR count). The summed E-state index contributed by atoms with van der Waals surface area (Å²) in [7, 11) is 0. The van der Waals surface area contributed by atoms with Gasteiger partial charge in [0.1, 0.15) is 11.5 Å². The van der Waals surface area contributed by atoms with Crippen LogP contribution in [0.4, 0.5) is 11.4 Å². The number of ether oxygens (including phenoxy) is 3. The van der Waals surface area contributed by atoms with Gasteiger partial charge in [-0.2, -0.15) is 0 Å². The van der Waals surface area contributed by atoms with Gasteiger partial charge in [-0.15, -0.1) is 0 Å². The molecule has 0 atom stereocenters. The molecule has 8 heteroatoms. The van der Waals surface area contributed by atoms with Gasteiger partial charge in [0.2, 0.25) is 5.91 Å². The molecule has 1 aliphatic heterocycles. The van der Waals surface area contributed by atoms with Crippen molar-refractivity contribution in [1.29, 1.82) is 0 Å². The van der Waals surface area contributed by atoms with E-state index in [0.717, 1.165) is 18.8 Å². The van der Waals surface area contributed by atoms with E-state index in [1.807, 2.05) is 26.0 Å². The van der Waals surface area contributed by atoms with Crippen molar-refractivity contribution in [2.24, 2.45) is 0 Å². The first-order chi connectivity index (χ1) is 14.5. The second-order valence-electron chi connectivity index (χ2n) is 6.71. The fourth-order valence-corrected chi connectivity index (χ4v) is 3.83. The highest BCUT2D eigenvalue weighted by Crippen LogP contribution is 2.39. The van der Waals surface area contributed by atoms with Gasteiger partial charge in [-0.05, 0) is 31.5 Å². The molecular formula is C22H26Cl2N2O4. The molecule has 2 aromatic carbocycles. The van der Waals surface area contributed by atoms with Crippen LogP contribution in [0.5, 0.6) is 11.5 Å². The molecule has 0 radical (unpaired) electrons. The minimum absolute atomic E-state index is 0.0548. The topological polar surface area (TPSA) is 60.0 Å². The third-order valence-corrected chi connectivity index (χ3v) is 5.39. The number of carbonyl (C=O) groups excluding carboxylic acids is 1. The third-order valence-electron chi connectivity index (χ3n) is 4.69. The second kappa shape index (κ2) is 10.8. The number of nitrogens with one attached hydrogen (secondary N) is 1. The Hall–Kier alpha value is -2.15. The second-order valence-corrected chi connectivity index (χ2v) is 7.52. The predicted octanol–water partition coefficient (Wildman–Crippen LogP) is 4.81. The molecule has 1 saturated heterocycles. The highest BCUT2D eigenvalue weighted by molar-refractivity contribution is 6.36. The largest absolute Gasteiger partial charge is 0.492 e. The Kier molecular flexibility index (Phi) is 8.08. The zero-order valence-electron chi connectivity index (χ0n) is 17.2. The van der Waals surface area contributed by atoms with Crippen LogP contribution in [0.15, 0.2) is 30.3 Å². The van der Waals surface area contributed by atoms with Crippen molar-refractivity contribution in [3.63, 3.8) is 0 Å². The normalized spacial score (nSPS) is 13.8. The molecule has 1 heterocycles. The van der Waals surface area contributed by atoms with Crippen LogP contribution in [-0.4, -0.2) is 45.4 Å². The lowest BCUT2D eigenvalue weighted by atomic mass is 10.1. The molecule has 30 heavy (non-hydrogen) atoms. The minimum Gasteiger partial charge on any atom is -0.492 e. The molecule has 0 aromatic heterocycles. The van der Waals surface area contributed by atoms with Crippen LogP contribution in [0.3, 0.4) is 0 Å². The number of hydrogen-bond donors (Lipinski definition) is 1. The summed E-state index contributed by atoms with van der Waals surface area (Å²) >= 11 is 12.4. The third kappa shape index (κ3) is 5.50. The molecule has 162 valence electrons. The van der Waals surface area contributed by atoms with E-state index in [0.29, 0.717) is 59.2 Å². The minimum atomic E-state index is -0.243. The lowest BCUT2D eigenvalue weighted by Crippen LogP contribution is -2.36. The van der Waals surface area contributed by atoms with Crippen LogP contribution in [0.2, 0.25) is 10.0 Å². The zero-order chi connectivity index (χ0) is 21.5. The standard InChI is InChI=1S/C22H26Cl2N2O4/c1-3-29-20-14-19(26-8-10-28-11-9-26)21(30-4-2)13-18(20)25-22(27)12-15-16(23)6-5-7-17(15)24/h5-7,13-14H,3-4,8-12H2,1-2H3,(H,25,27). The Morgan fingerprint density at radius 3 is 2.33 bits per heavy atom. The van der Waals surface area contributed by atoms with Gasteiger partial charge in [-0.3, -0.25) is 4.79 Å². The first kappa shape index (κ1) is 22.5. The van der Waals surface area contributed by atoms with E-state index >= 15 is 0 Å². The fourth-order valence-electron chi connectivity index (χ4n) is 3.30. The maximum Gasteiger partial charge on any atom is 0.229 e. The van der Waals surface area contributed by atoms with Crippen molar-refractivity contribution in [2.45, 2.75) is 20.3 Å². The summed E-state index contributed by atoms with van der Waals surface area (Å²) in [4.78, 5) is 14.9. The highest BCUT2D eigenvalue weighted by Gasteiger charge is 2.21. The van der Waals surface area contributed by atoms with Crippen molar-refractivity contribution in [2.75, 3.05) is 49.7 Å². The number of benzene rings is 2. The van der Waals surface area contributed by atoms with Gasteiger partial charge in [0.15, 0.2) is 0 Å². The van der Waals surface area contributed by atoms with Gasteiger partial charge >= 0.3 is 0 Å². The number of nitrogens with zero attached hydrogens (tertiary/aromatic N) is 1. The zero-order valence-corrected chi connectivity index (χ0v) is 18.7. The van der Waals surface area contributed by atoms with E-state index < -0.39 is 0 Å². The fraction of sp³-hybridized carbons (Fsp3) is 0.409. The molecule has 0 unspecified atom stereocenters. The number of morpholine rings is 1. The monoisotopic (exact) mass is 452 g/mol. The average Bonchev–Trinajstić information content (AvgIpc) is 2.73. The van der Waals surface area contributed by atoms with Crippen molar-refractivity contribution in [1.82, 2.24) is 0 Å². The SMILES string of the molecule is CCOc1cc(N2CCOCC2)c(OCC)cc1NC(=O)Cc1c(Cl)cccc1Cl. The Morgan fingerprint density at radius 2 is 1.70 bits per heavy atom. The number of amides is 1. The number of carbonyl (C=O) groups is 1. The van der Waals surface area contributed by atoms with E-state index in [9.17, 15) is 4.79 Å². The summed E-state index contributed by atoms with van der Waals surface area (Å²) < 4.78 is 17.1. The van der Waals surface area contributed by atoms with Gasteiger partial charge in [0.05, 0.1) is 44.2 Å². The molecule has 1 amide bonds. The van der Waals surface area contributed by atoms with Gasteiger partial charge < -0.3 is 24.4 Å². The lowest BCUT2D eigenvalue weighted by Gasteiger charge is -2.31. The van der Waals surface area contributed by atoms with Crippen molar-refractivity contribution in [3.8, 4) is 11.5 Å². The van der Waals surface area contributed by atoms with Gasteiger partial charge in [0, 0.05) is 35.3 Å². The molecule has 0 bridgehead atoms. The van der Waals surface area contributed by atoms with Crippen molar-refractivity contribution >= 4 is 40.5 Å². The van der Waals surface area contributed by atoms with Crippen molar-refractivity contribution < 1.29 is 19.0 Å². The lowest BCUT2D eigenvalue weighted by molar-refractivity contribution is -0.115. The van der Waals surface area contributed by atoms with E-state index in [-0.39, 0.29) is 12.3 Å². The molecule has 1 fully saturated rings. The number of anilines is 2.